The van der Waals surface area contributed by atoms with Crippen molar-refractivity contribution >= 4 is 34.9 Å². The number of nitrogens with zero attached hydrogens (tertiary/aromatic N) is 3. The van der Waals surface area contributed by atoms with Gasteiger partial charge in [0, 0.05) is 42.2 Å². The van der Waals surface area contributed by atoms with Crippen LogP contribution in [0.3, 0.4) is 0 Å². The highest BCUT2D eigenvalue weighted by Crippen LogP contribution is 2.44. The number of non-ortho nitro benzene ring substituents is 1. The Balaban J connectivity index is 1.97. The van der Waals surface area contributed by atoms with Gasteiger partial charge in [0.15, 0.2) is 0 Å². The predicted octanol–water partition coefficient (Wildman–Crippen LogP) is 5.72. The van der Waals surface area contributed by atoms with Gasteiger partial charge in [-0.25, -0.2) is 0 Å². The van der Waals surface area contributed by atoms with Gasteiger partial charge in [-0.3, -0.25) is 15.1 Å². The summed E-state index contributed by atoms with van der Waals surface area (Å²) in [5.74, 6) is 0.415. The Morgan fingerprint density at radius 2 is 2.08 bits per heavy atom. The highest BCUT2D eigenvalue weighted by atomic mass is 35.5. The Morgan fingerprint density at radius 3 is 2.77 bits per heavy atom. The van der Waals surface area contributed by atoms with Crippen LogP contribution in [0.15, 0.2) is 41.4 Å². The molecule has 5 nitrogen and oxygen atoms in total. The summed E-state index contributed by atoms with van der Waals surface area (Å²) in [6, 6.07) is 10.3. The van der Waals surface area contributed by atoms with Crippen molar-refractivity contribution in [3.05, 3.63) is 62.7 Å². The van der Waals surface area contributed by atoms with Crippen LogP contribution in [-0.4, -0.2) is 23.7 Å². The SMILES string of the molecule is CC1CC(C)(C)N(C)c2cc(Cl)c(C=Nc3cccc([N+](=O)[O-])c3)cc21. The second-order valence-corrected chi connectivity index (χ2v) is 7.85. The fourth-order valence-electron chi connectivity index (χ4n) is 3.53. The standard InChI is InChI=1S/C20H22ClN3O2/c1-13-11-20(2,3)23(4)19-10-18(21)14(8-17(13)19)12-22-15-6-5-7-16(9-15)24(25)26/h5-10,12-13H,11H2,1-4H3. The topological polar surface area (TPSA) is 58.7 Å². The number of fused-ring (bicyclic) bond motifs is 1. The lowest BCUT2D eigenvalue weighted by Crippen LogP contribution is -2.45. The number of nitro groups is 1. The summed E-state index contributed by atoms with van der Waals surface area (Å²) in [6.07, 6.45) is 2.73. The molecule has 26 heavy (non-hydrogen) atoms. The first-order valence-electron chi connectivity index (χ1n) is 8.55. The molecule has 136 valence electrons. The van der Waals surface area contributed by atoms with Crippen molar-refractivity contribution in [2.24, 2.45) is 4.99 Å². The molecule has 2 aromatic rings. The number of nitro benzene ring substituents is 1. The number of aliphatic imine (C=N–C) groups is 1. The van der Waals surface area contributed by atoms with E-state index in [0.717, 1.165) is 17.7 Å². The van der Waals surface area contributed by atoms with Crippen molar-refractivity contribution in [3.63, 3.8) is 0 Å². The normalized spacial score (nSPS) is 18.8. The number of halogens is 1. The van der Waals surface area contributed by atoms with Crippen LogP contribution in [0.2, 0.25) is 5.02 Å². The fourth-order valence-corrected chi connectivity index (χ4v) is 3.74. The van der Waals surface area contributed by atoms with Gasteiger partial charge in [0.2, 0.25) is 0 Å². The van der Waals surface area contributed by atoms with Gasteiger partial charge in [-0.2, -0.15) is 0 Å². The molecule has 1 unspecified atom stereocenters. The first-order valence-corrected chi connectivity index (χ1v) is 8.92. The Morgan fingerprint density at radius 1 is 1.35 bits per heavy atom. The van der Waals surface area contributed by atoms with E-state index in [1.165, 1.54) is 17.7 Å². The summed E-state index contributed by atoms with van der Waals surface area (Å²) >= 11 is 6.49. The maximum atomic E-state index is 10.9. The molecule has 1 aliphatic rings. The number of hydrogen-bond acceptors (Lipinski definition) is 4. The molecule has 0 N–H and O–H groups in total. The van der Waals surface area contributed by atoms with Gasteiger partial charge in [-0.05, 0) is 49.9 Å². The van der Waals surface area contributed by atoms with Crippen molar-refractivity contribution < 1.29 is 4.92 Å². The fraction of sp³-hybridized carbons (Fsp3) is 0.350. The minimum absolute atomic E-state index is 0.0219. The van der Waals surface area contributed by atoms with Gasteiger partial charge in [0.25, 0.3) is 5.69 Å². The van der Waals surface area contributed by atoms with Crippen molar-refractivity contribution in [1.29, 1.82) is 0 Å². The van der Waals surface area contributed by atoms with E-state index in [-0.39, 0.29) is 11.2 Å². The molecule has 3 rings (SSSR count). The Labute approximate surface area is 158 Å². The van der Waals surface area contributed by atoms with E-state index in [2.05, 4.69) is 43.8 Å². The molecule has 0 radical (unpaired) electrons. The molecular formula is C20H22ClN3O2. The highest BCUT2D eigenvalue weighted by Gasteiger charge is 2.34. The van der Waals surface area contributed by atoms with E-state index in [9.17, 15) is 10.1 Å². The second-order valence-electron chi connectivity index (χ2n) is 7.44. The maximum Gasteiger partial charge on any atom is 0.271 e. The summed E-state index contributed by atoms with van der Waals surface area (Å²) < 4.78 is 0. The zero-order valence-corrected chi connectivity index (χ0v) is 16.1. The second kappa shape index (κ2) is 6.72. The number of rotatable bonds is 3. The molecule has 1 heterocycles. The third-order valence-corrected chi connectivity index (χ3v) is 5.47. The molecule has 0 amide bonds. The average Bonchev–Trinajstić information content (AvgIpc) is 2.58. The van der Waals surface area contributed by atoms with Crippen molar-refractivity contribution in [1.82, 2.24) is 0 Å². The Hall–Kier alpha value is -2.40. The molecule has 1 atom stereocenters. The summed E-state index contributed by atoms with van der Waals surface area (Å²) in [4.78, 5) is 17.1. The Bertz CT molecular complexity index is 893. The molecule has 2 aromatic carbocycles. The lowest BCUT2D eigenvalue weighted by molar-refractivity contribution is -0.384. The van der Waals surface area contributed by atoms with Crippen LogP contribution in [0.4, 0.5) is 17.1 Å². The summed E-state index contributed by atoms with van der Waals surface area (Å²) in [5, 5.41) is 11.5. The van der Waals surface area contributed by atoms with Crippen LogP contribution >= 0.6 is 11.6 Å². The molecule has 0 bridgehead atoms. The minimum atomic E-state index is -0.426. The molecule has 0 saturated carbocycles. The third-order valence-electron chi connectivity index (χ3n) is 5.15. The van der Waals surface area contributed by atoms with Crippen LogP contribution in [0.25, 0.3) is 0 Å². The lowest BCUT2D eigenvalue weighted by Gasteiger charge is -2.45. The van der Waals surface area contributed by atoms with Gasteiger partial charge >= 0.3 is 0 Å². The molecule has 0 fully saturated rings. The lowest BCUT2D eigenvalue weighted by atomic mass is 9.80. The summed E-state index contributed by atoms with van der Waals surface area (Å²) in [7, 11) is 2.10. The van der Waals surface area contributed by atoms with Crippen LogP contribution in [-0.2, 0) is 0 Å². The quantitative estimate of drug-likeness (QED) is 0.393. The predicted molar refractivity (Wildman–Crippen MR) is 107 cm³/mol. The largest absolute Gasteiger partial charge is 0.369 e. The van der Waals surface area contributed by atoms with E-state index in [4.69, 9.17) is 11.6 Å². The van der Waals surface area contributed by atoms with E-state index in [1.807, 2.05) is 6.07 Å². The molecule has 0 saturated heterocycles. The number of hydrogen-bond donors (Lipinski definition) is 0. The van der Waals surface area contributed by atoms with Crippen molar-refractivity contribution in [2.75, 3.05) is 11.9 Å². The molecule has 0 aliphatic carbocycles. The first-order chi connectivity index (χ1) is 12.2. The van der Waals surface area contributed by atoms with Gasteiger partial charge in [-0.1, -0.05) is 24.6 Å². The highest BCUT2D eigenvalue weighted by molar-refractivity contribution is 6.33. The van der Waals surface area contributed by atoms with Gasteiger partial charge < -0.3 is 4.90 Å². The van der Waals surface area contributed by atoms with Crippen LogP contribution < -0.4 is 4.90 Å². The summed E-state index contributed by atoms with van der Waals surface area (Å²) in [5.41, 5.74) is 3.83. The zero-order valence-electron chi connectivity index (χ0n) is 15.4. The molecular weight excluding hydrogens is 350 g/mol. The minimum Gasteiger partial charge on any atom is -0.369 e. The number of benzene rings is 2. The van der Waals surface area contributed by atoms with Crippen LogP contribution in [0.5, 0.6) is 0 Å². The van der Waals surface area contributed by atoms with E-state index >= 15 is 0 Å². The Kier molecular flexibility index (Phi) is 4.76. The number of anilines is 1. The summed E-state index contributed by atoms with van der Waals surface area (Å²) in [6.45, 7) is 6.69. The first kappa shape index (κ1) is 18.4. The smallest absolute Gasteiger partial charge is 0.271 e. The molecule has 0 spiro atoms. The average molecular weight is 372 g/mol. The van der Waals surface area contributed by atoms with Gasteiger partial charge in [0.1, 0.15) is 0 Å². The molecule has 6 heteroatoms. The monoisotopic (exact) mass is 371 g/mol. The maximum absolute atomic E-state index is 10.9. The van der Waals surface area contributed by atoms with E-state index < -0.39 is 4.92 Å². The zero-order chi connectivity index (χ0) is 19.1. The van der Waals surface area contributed by atoms with Gasteiger partial charge in [-0.15, -0.1) is 0 Å². The van der Waals surface area contributed by atoms with Crippen molar-refractivity contribution in [3.8, 4) is 0 Å². The van der Waals surface area contributed by atoms with Gasteiger partial charge in [0.05, 0.1) is 15.6 Å². The van der Waals surface area contributed by atoms with Crippen LogP contribution in [0, 0.1) is 10.1 Å². The van der Waals surface area contributed by atoms with Crippen LogP contribution in [0.1, 0.15) is 44.2 Å². The van der Waals surface area contributed by atoms with E-state index in [1.54, 1.807) is 18.3 Å². The molecule has 0 aromatic heterocycles. The molecule has 1 aliphatic heterocycles. The van der Waals surface area contributed by atoms with E-state index in [0.29, 0.717) is 16.6 Å². The van der Waals surface area contributed by atoms with Crippen molar-refractivity contribution in [2.45, 2.75) is 38.6 Å². The third kappa shape index (κ3) is 3.44.